The molecule has 1 aromatic heterocycles. The zero-order chi connectivity index (χ0) is 29.0. The minimum Gasteiger partial charge on any atom is -0.378 e. The standard InChI is InChI=1S/C29H37N5O6S/c1-21(8-11-31-29(37)23-4-6-24(7-5-23)32-13-15-40-16-14-32)17-27(36)33-12-9-25-28(33)26(35)19-34(25)41(38,39)20-22-3-2-10-30-18-22/h2-7,10,18,21,25,28H,8-9,11-17,19-20H2,1H3,(H,31,37). The summed E-state index contributed by atoms with van der Waals surface area (Å²) in [4.78, 5) is 46.4. The summed E-state index contributed by atoms with van der Waals surface area (Å²) in [6.07, 6.45) is 4.34. The molecular weight excluding hydrogens is 546 g/mol. The van der Waals surface area contributed by atoms with Crippen molar-refractivity contribution >= 4 is 33.3 Å². The number of likely N-dealkylation sites (tertiary alicyclic amines) is 1. The fourth-order valence-electron chi connectivity index (χ4n) is 5.89. The van der Waals surface area contributed by atoms with E-state index in [2.05, 4.69) is 15.2 Å². The van der Waals surface area contributed by atoms with E-state index in [-0.39, 0.29) is 42.2 Å². The third-order valence-corrected chi connectivity index (χ3v) is 9.89. The van der Waals surface area contributed by atoms with Crippen LogP contribution in [0.15, 0.2) is 48.8 Å². The summed E-state index contributed by atoms with van der Waals surface area (Å²) < 4.78 is 32.9. The molecule has 3 saturated heterocycles. The molecule has 0 spiro atoms. The Morgan fingerprint density at radius 3 is 2.59 bits per heavy atom. The number of ether oxygens (including phenoxy) is 1. The summed E-state index contributed by atoms with van der Waals surface area (Å²) in [5.41, 5.74) is 2.20. The van der Waals surface area contributed by atoms with Gasteiger partial charge in [-0.15, -0.1) is 0 Å². The number of aromatic nitrogens is 1. The SMILES string of the molecule is CC(CCNC(=O)c1ccc(N2CCOCC2)cc1)CC(=O)N1CCC2C1C(=O)CN2S(=O)(=O)Cc1cccnc1. The number of sulfonamides is 1. The van der Waals surface area contributed by atoms with Crippen molar-refractivity contribution in [2.24, 2.45) is 5.92 Å². The summed E-state index contributed by atoms with van der Waals surface area (Å²) in [6, 6.07) is 9.62. The van der Waals surface area contributed by atoms with Gasteiger partial charge >= 0.3 is 0 Å². The summed E-state index contributed by atoms with van der Waals surface area (Å²) in [6.45, 7) is 5.56. The Labute approximate surface area is 240 Å². The lowest BCUT2D eigenvalue weighted by Crippen LogP contribution is -2.44. The first-order chi connectivity index (χ1) is 19.7. The molecule has 1 aromatic carbocycles. The fraction of sp³-hybridized carbons (Fsp3) is 0.517. The van der Waals surface area contributed by atoms with E-state index in [1.807, 2.05) is 31.2 Å². The lowest BCUT2D eigenvalue weighted by Gasteiger charge is -2.28. The predicted octanol–water partition coefficient (Wildman–Crippen LogP) is 1.45. The number of benzene rings is 1. The Hall–Kier alpha value is -3.35. The van der Waals surface area contributed by atoms with Gasteiger partial charge in [0.1, 0.15) is 6.04 Å². The number of nitrogens with one attached hydrogen (secondary N) is 1. The van der Waals surface area contributed by atoms with E-state index in [0.717, 1.165) is 18.8 Å². The number of rotatable bonds is 10. The van der Waals surface area contributed by atoms with Crippen molar-refractivity contribution in [2.75, 3.05) is 50.8 Å². The molecule has 220 valence electrons. The van der Waals surface area contributed by atoms with E-state index in [1.165, 1.54) is 10.5 Å². The number of carbonyl (C=O) groups excluding carboxylic acids is 3. The van der Waals surface area contributed by atoms with Gasteiger partial charge in [0.2, 0.25) is 15.9 Å². The number of carbonyl (C=O) groups is 3. The van der Waals surface area contributed by atoms with Crippen LogP contribution in [0.5, 0.6) is 0 Å². The Morgan fingerprint density at radius 2 is 1.88 bits per heavy atom. The highest BCUT2D eigenvalue weighted by Gasteiger charge is 2.53. The zero-order valence-electron chi connectivity index (χ0n) is 23.3. The Morgan fingerprint density at radius 1 is 1.12 bits per heavy atom. The van der Waals surface area contributed by atoms with Crippen LogP contribution in [0.3, 0.4) is 0 Å². The molecule has 4 heterocycles. The zero-order valence-corrected chi connectivity index (χ0v) is 24.1. The molecule has 3 fully saturated rings. The van der Waals surface area contributed by atoms with Gasteiger partial charge in [0.25, 0.3) is 5.91 Å². The molecule has 3 atom stereocenters. The van der Waals surface area contributed by atoms with Gasteiger partial charge in [-0.3, -0.25) is 19.4 Å². The van der Waals surface area contributed by atoms with Crippen molar-refractivity contribution in [2.45, 2.75) is 44.0 Å². The average Bonchev–Trinajstić information content (AvgIpc) is 3.55. The van der Waals surface area contributed by atoms with Crippen LogP contribution in [0.25, 0.3) is 0 Å². The number of hydrogen-bond donors (Lipinski definition) is 1. The molecule has 5 rings (SSSR count). The number of nitrogens with zero attached hydrogens (tertiary/aromatic N) is 4. The molecule has 11 nitrogen and oxygen atoms in total. The van der Waals surface area contributed by atoms with Crippen molar-refractivity contribution in [3.05, 3.63) is 59.9 Å². The highest BCUT2D eigenvalue weighted by molar-refractivity contribution is 7.88. The first-order valence-corrected chi connectivity index (χ1v) is 15.8. The van der Waals surface area contributed by atoms with Crippen LogP contribution >= 0.6 is 0 Å². The lowest BCUT2D eigenvalue weighted by atomic mass is 10.0. The second-order valence-corrected chi connectivity index (χ2v) is 12.9. The summed E-state index contributed by atoms with van der Waals surface area (Å²) in [7, 11) is -3.74. The highest BCUT2D eigenvalue weighted by Crippen LogP contribution is 2.33. The van der Waals surface area contributed by atoms with Crippen molar-refractivity contribution in [3.63, 3.8) is 0 Å². The molecule has 3 aliphatic heterocycles. The van der Waals surface area contributed by atoms with Crippen molar-refractivity contribution in [1.29, 1.82) is 0 Å². The first kappa shape index (κ1) is 29.2. The monoisotopic (exact) mass is 583 g/mol. The Kier molecular flexibility index (Phi) is 9.00. The predicted molar refractivity (Wildman–Crippen MR) is 153 cm³/mol. The van der Waals surface area contributed by atoms with E-state index < -0.39 is 22.1 Å². The van der Waals surface area contributed by atoms with Crippen LogP contribution in [0, 0.1) is 5.92 Å². The average molecular weight is 584 g/mol. The summed E-state index contributed by atoms with van der Waals surface area (Å²) in [5, 5.41) is 2.93. The van der Waals surface area contributed by atoms with Crippen LogP contribution in [0.2, 0.25) is 0 Å². The molecular formula is C29H37N5O6S. The maximum atomic E-state index is 13.2. The van der Waals surface area contributed by atoms with Gasteiger partial charge in [0.15, 0.2) is 5.78 Å². The molecule has 2 aromatic rings. The molecule has 3 aliphatic rings. The molecule has 0 aliphatic carbocycles. The number of amides is 2. The van der Waals surface area contributed by atoms with E-state index in [1.54, 1.807) is 23.2 Å². The molecule has 3 unspecified atom stereocenters. The fourth-order valence-corrected chi connectivity index (χ4v) is 7.60. The van der Waals surface area contributed by atoms with Crippen LogP contribution < -0.4 is 10.2 Å². The van der Waals surface area contributed by atoms with Gasteiger partial charge in [-0.2, -0.15) is 4.31 Å². The topological polar surface area (TPSA) is 129 Å². The minimum atomic E-state index is -3.74. The van der Waals surface area contributed by atoms with Crippen LogP contribution in [0.4, 0.5) is 5.69 Å². The largest absolute Gasteiger partial charge is 0.378 e. The van der Waals surface area contributed by atoms with Gasteiger partial charge in [-0.05, 0) is 54.7 Å². The van der Waals surface area contributed by atoms with Crippen LogP contribution in [0.1, 0.15) is 42.1 Å². The van der Waals surface area contributed by atoms with Crippen molar-refractivity contribution in [1.82, 2.24) is 19.5 Å². The second-order valence-electron chi connectivity index (χ2n) is 11.0. The summed E-state index contributed by atoms with van der Waals surface area (Å²) in [5.74, 6) is -0.812. The van der Waals surface area contributed by atoms with E-state index in [4.69, 9.17) is 4.74 Å². The van der Waals surface area contributed by atoms with Crippen LogP contribution in [-0.4, -0.2) is 98.2 Å². The smallest absolute Gasteiger partial charge is 0.251 e. The molecule has 12 heteroatoms. The third kappa shape index (κ3) is 6.77. The molecule has 0 bridgehead atoms. The number of hydrogen-bond acceptors (Lipinski definition) is 8. The van der Waals surface area contributed by atoms with E-state index in [0.29, 0.717) is 50.3 Å². The highest BCUT2D eigenvalue weighted by atomic mass is 32.2. The molecule has 0 radical (unpaired) electrons. The quantitative estimate of drug-likeness (QED) is 0.445. The van der Waals surface area contributed by atoms with Gasteiger partial charge < -0.3 is 19.9 Å². The van der Waals surface area contributed by atoms with E-state index >= 15 is 0 Å². The maximum Gasteiger partial charge on any atom is 0.251 e. The molecule has 1 N–H and O–H groups in total. The number of pyridine rings is 1. The van der Waals surface area contributed by atoms with Gasteiger partial charge in [-0.1, -0.05) is 13.0 Å². The lowest BCUT2D eigenvalue weighted by molar-refractivity contribution is -0.137. The number of morpholine rings is 1. The molecule has 2 amide bonds. The van der Waals surface area contributed by atoms with Crippen molar-refractivity contribution < 1.29 is 27.5 Å². The summed E-state index contributed by atoms with van der Waals surface area (Å²) >= 11 is 0. The van der Waals surface area contributed by atoms with Crippen molar-refractivity contribution in [3.8, 4) is 0 Å². The third-order valence-electron chi connectivity index (χ3n) is 8.08. The number of ketones is 1. The maximum absolute atomic E-state index is 13.2. The van der Waals surface area contributed by atoms with Gasteiger partial charge in [0, 0.05) is 56.2 Å². The Bertz CT molecular complexity index is 1350. The number of anilines is 1. The van der Waals surface area contributed by atoms with Gasteiger partial charge in [-0.25, -0.2) is 8.42 Å². The van der Waals surface area contributed by atoms with Gasteiger partial charge in [0.05, 0.1) is 31.6 Å². The number of Topliss-reactive ketones (excluding diaryl/α,β-unsaturated/α-hetero) is 1. The second kappa shape index (κ2) is 12.7. The van der Waals surface area contributed by atoms with E-state index in [9.17, 15) is 22.8 Å². The number of fused-ring (bicyclic) bond motifs is 1. The molecule has 0 saturated carbocycles. The minimum absolute atomic E-state index is 0.0209. The normalized spacial score (nSPS) is 22.0. The molecule has 41 heavy (non-hydrogen) atoms. The Balaban J connectivity index is 1.09. The first-order valence-electron chi connectivity index (χ1n) is 14.1. The van der Waals surface area contributed by atoms with Crippen LogP contribution in [-0.2, 0) is 30.1 Å².